The maximum Gasteiger partial charge on any atom is 0.419 e. The first-order valence-electron chi connectivity index (χ1n) is 16.8. The van der Waals surface area contributed by atoms with Crippen LogP contribution in [0.25, 0.3) is 22.5 Å². The molecule has 0 spiro atoms. The molecule has 0 aliphatic carbocycles. The monoisotopic (exact) mass is 758 g/mol. The number of ether oxygens (including phenoxy) is 3. The van der Waals surface area contributed by atoms with E-state index in [-0.39, 0.29) is 29.5 Å². The molecule has 0 bridgehead atoms. The Kier molecular flexibility index (Phi) is 10.2. The number of benzene rings is 1. The predicted octanol–water partition coefficient (Wildman–Crippen LogP) is 7.01. The Morgan fingerprint density at radius 2 is 1.22 bits per heavy atom. The standard InChI is InChI=1S/C34H32F6N10O4/c1-52-30(51)24-3-2-19(28-26(33(35,36)37)15-41-31(47-28)45-20-13-43-49(17-20)22-4-8-53-9-5-22)12-25(24)29-27(34(38,39)40)16-42-32(48-29)46-21-14-44-50(18-21)23-6-10-54-11-7-23/h2-3,12-18,22-23H,4-11H2,1H3,(H,41,45,47)(H,42,46,48). The zero-order chi connectivity index (χ0) is 38.0. The van der Waals surface area contributed by atoms with Crippen molar-refractivity contribution in [1.82, 2.24) is 39.5 Å². The highest BCUT2D eigenvalue weighted by Crippen LogP contribution is 2.41. The van der Waals surface area contributed by atoms with Crippen LogP contribution >= 0.6 is 0 Å². The third kappa shape index (κ3) is 7.98. The molecule has 54 heavy (non-hydrogen) atoms. The number of alkyl halides is 6. The number of aromatic nitrogens is 8. The predicted molar refractivity (Wildman–Crippen MR) is 179 cm³/mol. The second-order valence-electron chi connectivity index (χ2n) is 12.5. The highest BCUT2D eigenvalue weighted by molar-refractivity contribution is 5.98. The Morgan fingerprint density at radius 3 is 1.70 bits per heavy atom. The van der Waals surface area contributed by atoms with Gasteiger partial charge >= 0.3 is 18.3 Å². The summed E-state index contributed by atoms with van der Waals surface area (Å²) in [5, 5.41) is 14.4. The molecule has 0 amide bonds. The first-order valence-corrected chi connectivity index (χ1v) is 16.8. The van der Waals surface area contributed by atoms with Crippen LogP contribution in [0.5, 0.6) is 0 Å². The van der Waals surface area contributed by atoms with Crippen molar-refractivity contribution in [2.75, 3.05) is 44.2 Å². The van der Waals surface area contributed by atoms with Crippen molar-refractivity contribution in [2.24, 2.45) is 0 Å². The van der Waals surface area contributed by atoms with Crippen molar-refractivity contribution in [3.8, 4) is 22.5 Å². The lowest BCUT2D eigenvalue weighted by Gasteiger charge is -2.22. The summed E-state index contributed by atoms with van der Waals surface area (Å²) in [7, 11) is 1.02. The molecule has 14 nitrogen and oxygen atoms in total. The van der Waals surface area contributed by atoms with Crippen LogP contribution in [0.3, 0.4) is 0 Å². The Morgan fingerprint density at radius 1 is 0.741 bits per heavy atom. The van der Waals surface area contributed by atoms with Gasteiger partial charge in [0.1, 0.15) is 11.1 Å². The smallest absolute Gasteiger partial charge is 0.419 e. The van der Waals surface area contributed by atoms with E-state index in [1.54, 1.807) is 21.8 Å². The maximum absolute atomic E-state index is 14.5. The number of nitrogens with zero attached hydrogens (tertiary/aromatic N) is 8. The lowest BCUT2D eigenvalue weighted by molar-refractivity contribution is -0.138. The molecule has 284 valence electrons. The quantitative estimate of drug-likeness (QED) is 0.117. The first kappa shape index (κ1) is 36.7. The maximum atomic E-state index is 14.5. The molecule has 2 N–H and O–H groups in total. The summed E-state index contributed by atoms with van der Waals surface area (Å²) in [6.45, 7) is 2.24. The molecule has 20 heteroatoms. The Balaban J connectivity index is 1.28. The van der Waals surface area contributed by atoms with Gasteiger partial charge in [0, 0.05) is 62.3 Å². The summed E-state index contributed by atoms with van der Waals surface area (Å²) in [5.41, 5.74) is -4.49. The van der Waals surface area contributed by atoms with E-state index in [0.717, 1.165) is 51.0 Å². The number of hydrogen-bond acceptors (Lipinski definition) is 12. The van der Waals surface area contributed by atoms with Crippen LogP contribution in [-0.4, -0.2) is 79.0 Å². The number of carbonyl (C=O) groups is 1. The van der Waals surface area contributed by atoms with E-state index in [2.05, 4.69) is 40.8 Å². The summed E-state index contributed by atoms with van der Waals surface area (Å²) in [6.07, 6.45) is 0.200. The Bertz CT molecular complexity index is 2120. The summed E-state index contributed by atoms with van der Waals surface area (Å²) in [5.74, 6) is -1.59. The molecular weight excluding hydrogens is 726 g/mol. The summed E-state index contributed by atoms with van der Waals surface area (Å²) in [6, 6.07) is 3.27. The van der Waals surface area contributed by atoms with E-state index in [1.807, 2.05) is 0 Å². The third-order valence-electron chi connectivity index (χ3n) is 8.99. The first-order chi connectivity index (χ1) is 25.9. The van der Waals surface area contributed by atoms with Gasteiger partial charge < -0.3 is 24.8 Å². The Hall–Kier alpha value is -5.63. The lowest BCUT2D eigenvalue weighted by atomic mass is 9.95. The van der Waals surface area contributed by atoms with Crippen LogP contribution in [0.15, 0.2) is 55.4 Å². The third-order valence-corrected chi connectivity index (χ3v) is 8.99. The molecule has 0 unspecified atom stereocenters. The zero-order valence-electron chi connectivity index (χ0n) is 28.5. The normalized spacial score (nSPS) is 16.0. The van der Waals surface area contributed by atoms with Crippen molar-refractivity contribution in [3.63, 3.8) is 0 Å². The fourth-order valence-electron chi connectivity index (χ4n) is 6.26. The van der Waals surface area contributed by atoms with Crippen LogP contribution in [-0.2, 0) is 26.6 Å². The van der Waals surface area contributed by atoms with Gasteiger partial charge in [-0.05, 0) is 37.8 Å². The minimum absolute atomic E-state index is 0.0534. The van der Waals surface area contributed by atoms with Crippen molar-refractivity contribution < 1.29 is 45.3 Å². The fraction of sp³-hybridized carbons (Fsp3) is 0.382. The van der Waals surface area contributed by atoms with E-state index in [9.17, 15) is 31.1 Å². The van der Waals surface area contributed by atoms with Gasteiger partial charge in [0.2, 0.25) is 11.9 Å². The molecule has 2 aliphatic rings. The largest absolute Gasteiger partial charge is 0.465 e. The number of halogens is 6. The van der Waals surface area contributed by atoms with E-state index in [1.165, 1.54) is 12.4 Å². The summed E-state index contributed by atoms with van der Waals surface area (Å²) < 4.78 is 106. The number of anilines is 4. The minimum atomic E-state index is -5.04. The zero-order valence-corrected chi connectivity index (χ0v) is 28.5. The van der Waals surface area contributed by atoms with Gasteiger partial charge in [0.15, 0.2) is 0 Å². The van der Waals surface area contributed by atoms with Crippen LogP contribution in [0.4, 0.5) is 49.6 Å². The van der Waals surface area contributed by atoms with E-state index >= 15 is 0 Å². The van der Waals surface area contributed by atoms with Crippen LogP contribution in [0.2, 0.25) is 0 Å². The molecule has 0 atom stereocenters. The topological polar surface area (TPSA) is 156 Å². The van der Waals surface area contributed by atoms with Gasteiger partial charge in [-0.1, -0.05) is 6.07 Å². The van der Waals surface area contributed by atoms with Gasteiger partial charge in [-0.3, -0.25) is 9.36 Å². The summed E-state index contributed by atoms with van der Waals surface area (Å²) >= 11 is 0. The van der Waals surface area contributed by atoms with Crippen molar-refractivity contribution in [3.05, 3.63) is 72.1 Å². The number of hydrogen-bond donors (Lipinski definition) is 2. The number of esters is 1. The molecule has 7 rings (SSSR count). The molecule has 0 saturated carbocycles. The van der Waals surface area contributed by atoms with Gasteiger partial charge in [0.05, 0.1) is 59.9 Å². The minimum Gasteiger partial charge on any atom is -0.465 e. The number of methoxy groups -OCH3 is 1. The van der Waals surface area contributed by atoms with E-state index in [4.69, 9.17) is 14.2 Å². The number of carbonyl (C=O) groups excluding carboxylic acids is 1. The number of nitrogens with one attached hydrogen (secondary N) is 2. The van der Waals surface area contributed by atoms with Gasteiger partial charge in [-0.15, -0.1) is 0 Å². The molecule has 4 aromatic heterocycles. The molecule has 6 heterocycles. The Labute approximate surface area is 302 Å². The second kappa shape index (κ2) is 15.0. The lowest BCUT2D eigenvalue weighted by Crippen LogP contribution is -2.19. The average molecular weight is 759 g/mol. The highest BCUT2D eigenvalue weighted by Gasteiger charge is 2.38. The van der Waals surface area contributed by atoms with E-state index < -0.39 is 52.0 Å². The number of rotatable bonds is 9. The van der Waals surface area contributed by atoms with Crippen LogP contribution < -0.4 is 10.6 Å². The van der Waals surface area contributed by atoms with Crippen molar-refractivity contribution in [2.45, 2.75) is 50.1 Å². The van der Waals surface area contributed by atoms with Crippen LogP contribution in [0.1, 0.15) is 59.3 Å². The molecule has 2 aliphatic heterocycles. The van der Waals surface area contributed by atoms with Gasteiger partial charge in [-0.25, -0.2) is 24.7 Å². The molecule has 2 saturated heterocycles. The van der Waals surface area contributed by atoms with Crippen molar-refractivity contribution in [1.29, 1.82) is 0 Å². The molecule has 0 radical (unpaired) electrons. The van der Waals surface area contributed by atoms with Crippen LogP contribution in [0, 0.1) is 0 Å². The summed E-state index contributed by atoms with van der Waals surface area (Å²) in [4.78, 5) is 28.9. The molecule has 5 aromatic rings. The molecule has 1 aromatic carbocycles. The highest BCUT2D eigenvalue weighted by atomic mass is 19.4. The molecular formula is C34H32F6N10O4. The average Bonchev–Trinajstić information content (AvgIpc) is 3.84. The SMILES string of the molecule is COC(=O)c1ccc(-c2nc(Nc3cnn(C4CCOCC4)c3)ncc2C(F)(F)F)cc1-c1nc(Nc2cnn(C3CCOCC3)c2)ncc1C(F)(F)F. The van der Waals surface area contributed by atoms with E-state index in [0.29, 0.717) is 50.2 Å². The molecule has 2 fully saturated rings. The van der Waals surface area contributed by atoms with Gasteiger partial charge in [-0.2, -0.15) is 36.5 Å². The van der Waals surface area contributed by atoms with Crippen molar-refractivity contribution >= 4 is 29.2 Å². The second-order valence-corrected chi connectivity index (χ2v) is 12.5. The fourth-order valence-corrected chi connectivity index (χ4v) is 6.26. The van der Waals surface area contributed by atoms with Gasteiger partial charge in [0.25, 0.3) is 0 Å².